The molecule has 0 radical (unpaired) electrons. The molecule has 1 unspecified atom stereocenters. The van der Waals surface area contributed by atoms with Crippen LogP contribution < -0.4 is 0 Å². The summed E-state index contributed by atoms with van der Waals surface area (Å²) in [6.07, 6.45) is 1.01. The molecule has 0 aliphatic heterocycles. The van der Waals surface area contributed by atoms with Crippen LogP contribution in [0.4, 0.5) is 0 Å². The minimum Gasteiger partial charge on any atom is -0.324 e. The number of alkyl halides is 1. The third-order valence-corrected chi connectivity index (χ3v) is 4.56. The van der Waals surface area contributed by atoms with Crippen LogP contribution in [0.3, 0.4) is 0 Å². The Bertz CT molecular complexity index is 715. The van der Waals surface area contributed by atoms with Crippen LogP contribution in [0, 0.1) is 6.92 Å². The zero-order valence-electron chi connectivity index (χ0n) is 11.6. The number of thiophene rings is 1. The summed E-state index contributed by atoms with van der Waals surface area (Å²) in [6, 6.07) is 8.91. The maximum atomic E-state index is 6.09. The molecule has 1 aromatic carbocycles. The maximum Gasteiger partial charge on any atom is 0.125 e. The van der Waals surface area contributed by atoms with Gasteiger partial charge in [-0.3, -0.25) is 0 Å². The van der Waals surface area contributed by atoms with Crippen molar-refractivity contribution in [3.05, 3.63) is 52.0 Å². The van der Waals surface area contributed by atoms with E-state index in [-0.39, 0.29) is 0 Å². The molecule has 0 aliphatic rings. The summed E-state index contributed by atoms with van der Waals surface area (Å²) in [6.45, 7) is 4.35. The van der Waals surface area contributed by atoms with Crippen molar-refractivity contribution in [3.63, 3.8) is 0 Å². The Morgan fingerprint density at radius 1 is 1.35 bits per heavy atom. The second-order valence-electron chi connectivity index (χ2n) is 5.21. The van der Waals surface area contributed by atoms with Gasteiger partial charge in [0.15, 0.2) is 0 Å². The first-order valence-electron chi connectivity index (χ1n) is 6.73. The lowest BCUT2D eigenvalue weighted by atomic mass is 10.1. The largest absolute Gasteiger partial charge is 0.324 e. The van der Waals surface area contributed by atoms with Gasteiger partial charge in [0.2, 0.25) is 0 Å². The highest BCUT2D eigenvalue weighted by atomic mass is 35.5. The minimum absolute atomic E-state index is 0.352. The van der Waals surface area contributed by atoms with Gasteiger partial charge in [-0.1, -0.05) is 6.07 Å². The van der Waals surface area contributed by atoms with Crippen molar-refractivity contribution in [2.24, 2.45) is 0 Å². The number of rotatable bonds is 4. The molecule has 20 heavy (non-hydrogen) atoms. The SMILES string of the molecule is Cc1ccc2nc(CCl)n(C(C)Cc3ccsc3)c2c1. The van der Waals surface area contributed by atoms with E-state index in [2.05, 4.69) is 58.4 Å². The maximum absolute atomic E-state index is 6.09. The van der Waals surface area contributed by atoms with E-state index in [0.29, 0.717) is 11.9 Å². The number of hydrogen-bond acceptors (Lipinski definition) is 2. The molecule has 3 aromatic rings. The minimum atomic E-state index is 0.352. The molecule has 0 saturated heterocycles. The second kappa shape index (κ2) is 5.58. The highest BCUT2D eigenvalue weighted by molar-refractivity contribution is 7.07. The number of nitrogens with zero attached hydrogens (tertiary/aromatic N) is 2. The van der Waals surface area contributed by atoms with Gasteiger partial charge in [0.1, 0.15) is 5.82 Å². The first-order chi connectivity index (χ1) is 9.69. The predicted octanol–water partition coefficient (Wildman–Crippen LogP) is 4.95. The lowest BCUT2D eigenvalue weighted by Crippen LogP contribution is -2.11. The molecule has 1 atom stereocenters. The van der Waals surface area contributed by atoms with Crippen LogP contribution in [-0.4, -0.2) is 9.55 Å². The summed E-state index contributed by atoms with van der Waals surface area (Å²) in [5.74, 6) is 1.40. The van der Waals surface area contributed by atoms with Crippen LogP contribution in [0.25, 0.3) is 11.0 Å². The summed E-state index contributed by atoms with van der Waals surface area (Å²) in [5.41, 5.74) is 4.84. The standard InChI is InChI=1S/C16H17ClN2S/c1-11-3-4-14-15(7-11)19(16(9-17)18-14)12(2)8-13-5-6-20-10-13/h3-7,10,12H,8-9H2,1-2H3. The molecule has 0 aliphatic carbocycles. The van der Waals surface area contributed by atoms with Crippen molar-refractivity contribution in [3.8, 4) is 0 Å². The monoisotopic (exact) mass is 304 g/mol. The number of benzene rings is 1. The summed E-state index contributed by atoms with van der Waals surface area (Å²) in [5, 5.41) is 4.34. The first kappa shape index (κ1) is 13.7. The summed E-state index contributed by atoms with van der Waals surface area (Å²) in [4.78, 5) is 4.66. The Balaban J connectivity index is 2.06. The van der Waals surface area contributed by atoms with Crippen molar-refractivity contribution in [1.82, 2.24) is 9.55 Å². The van der Waals surface area contributed by atoms with E-state index in [1.54, 1.807) is 11.3 Å². The number of imidazole rings is 1. The van der Waals surface area contributed by atoms with E-state index in [0.717, 1.165) is 17.8 Å². The molecule has 2 heterocycles. The van der Waals surface area contributed by atoms with E-state index >= 15 is 0 Å². The molecule has 0 saturated carbocycles. The lowest BCUT2D eigenvalue weighted by molar-refractivity contribution is 0.544. The Morgan fingerprint density at radius 3 is 2.90 bits per heavy atom. The quantitative estimate of drug-likeness (QED) is 0.624. The van der Waals surface area contributed by atoms with Crippen LogP contribution in [0.15, 0.2) is 35.0 Å². The van der Waals surface area contributed by atoms with Crippen LogP contribution in [0.1, 0.15) is 29.9 Å². The average Bonchev–Trinajstić information content (AvgIpc) is 3.04. The Labute approximate surface area is 128 Å². The summed E-state index contributed by atoms with van der Waals surface area (Å²) >= 11 is 7.83. The van der Waals surface area contributed by atoms with Gasteiger partial charge in [0.05, 0.1) is 16.9 Å². The molecule has 0 bridgehead atoms. The second-order valence-corrected chi connectivity index (χ2v) is 6.26. The molecule has 2 nitrogen and oxygen atoms in total. The van der Waals surface area contributed by atoms with Gasteiger partial charge < -0.3 is 4.57 Å². The van der Waals surface area contributed by atoms with Crippen molar-refractivity contribution >= 4 is 34.0 Å². The fourth-order valence-electron chi connectivity index (χ4n) is 2.68. The van der Waals surface area contributed by atoms with Crippen LogP contribution in [-0.2, 0) is 12.3 Å². The average molecular weight is 305 g/mol. The van der Waals surface area contributed by atoms with Crippen molar-refractivity contribution in [1.29, 1.82) is 0 Å². The van der Waals surface area contributed by atoms with Gasteiger partial charge in [-0.25, -0.2) is 4.98 Å². The van der Waals surface area contributed by atoms with E-state index in [1.165, 1.54) is 16.6 Å². The normalized spacial score (nSPS) is 12.9. The van der Waals surface area contributed by atoms with E-state index in [1.807, 2.05) is 0 Å². The molecular formula is C16H17ClN2S. The van der Waals surface area contributed by atoms with E-state index in [4.69, 9.17) is 11.6 Å². The molecule has 4 heteroatoms. The molecular weight excluding hydrogens is 288 g/mol. The Hall–Kier alpha value is -1.32. The first-order valence-corrected chi connectivity index (χ1v) is 8.21. The number of aromatic nitrogens is 2. The fraction of sp³-hybridized carbons (Fsp3) is 0.312. The van der Waals surface area contributed by atoms with Gasteiger partial charge in [-0.2, -0.15) is 11.3 Å². The van der Waals surface area contributed by atoms with Crippen molar-refractivity contribution in [2.75, 3.05) is 0 Å². The lowest BCUT2D eigenvalue weighted by Gasteiger charge is -2.16. The molecule has 104 valence electrons. The molecule has 0 spiro atoms. The zero-order valence-corrected chi connectivity index (χ0v) is 13.2. The van der Waals surface area contributed by atoms with Crippen LogP contribution in [0.5, 0.6) is 0 Å². The van der Waals surface area contributed by atoms with Gasteiger partial charge >= 0.3 is 0 Å². The third kappa shape index (κ3) is 2.48. The fourth-order valence-corrected chi connectivity index (χ4v) is 3.55. The van der Waals surface area contributed by atoms with Gasteiger partial charge in [0, 0.05) is 6.04 Å². The highest BCUT2D eigenvalue weighted by Crippen LogP contribution is 2.26. The Kier molecular flexibility index (Phi) is 3.81. The number of fused-ring (bicyclic) bond motifs is 1. The predicted molar refractivity (Wildman–Crippen MR) is 86.8 cm³/mol. The molecule has 0 fully saturated rings. The van der Waals surface area contributed by atoms with Gasteiger partial charge in [-0.05, 0) is 60.4 Å². The van der Waals surface area contributed by atoms with Gasteiger partial charge in [0.25, 0.3) is 0 Å². The Morgan fingerprint density at radius 2 is 2.20 bits per heavy atom. The number of aryl methyl sites for hydroxylation is 1. The molecule has 2 aromatic heterocycles. The van der Waals surface area contributed by atoms with Crippen molar-refractivity contribution < 1.29 is 0 Å². The van der Waals surface area contributed by atoms with E-state index < -0.39 is 0 Å². The highest BCUT2D eigenvalue weighted by Gasteiger charge is 2.16. The number of hydrogen-bond donors (Lipinski definition) is 0. The molecule has 0 N–H and O–H groups in total. The van der Waals surface area contributed by atoms with Gasteiger partial charge in [-0.15, -0.1) is 11.6 Å². The smallest absolute Gasteiger partial charge is 0.125 e. The third-order valence-electron chi connectivity index (χ3n) is 3.59. The summed E-state index contributed by atoms with van der Waals surface area (Å²) in [7, 11) is 0. The van der Waals surface area contributed by atoms with Crippen molar-refractivity contribution in [2.45, 2.75) is 32.2 Å². The summed E-state index contributed by atoms with van der Waals surface area (Å²) < 4.78 is 2.28. The van der Waals surface area contributed by atoms with E-state index in [9.17, 15) is 0 Å². The van der Waals surface area contributed by atoms with Crippen LogP contribution in [0.2, 0.25) is 0 Å². The topological polar surface area (TPSA) is 17.8 Å². The molecule has 3 rings (SSSR count). The zero-order chi connectivity index (χ0) is 14.1. The van der Waals surface area contributed by atoms with Crippen LogP contribution >= 0.6 is 22.9 Å². The number of halogens is 1. The molecule has 0 amide bonds.